The quantitative estimate of drug-likeness (QED) is 0.0280. The van der Waals surface area contributed by atoms with Crippen LogP contribution < -0.4 is 4.74 Å². The van der Waals surface area contributed by atoms with Gasteiger partial charge in [0.25, 0.3) is 22.7 Å². The zero-order valence-corrected chi connectivity index (χ0v) is 49.3. The summed E-state index contributed by atoms with van der Waals surface area (Å²) in [7, 11) is 1.48. The number of phenols is 6. The van der Waals surface area contributed by atoms with Gasteiger partial charge in [0.1, 0.15) is 63.0 Å². The number of ether oxygens (including phenoxy) is 1. The number of halogens is 2. The number of benzene rings is 8. The minimum atomic E-state index is -0.628. The monoisotopic (exact) mass is 1240 g/mol. The highest BCUT2D eigenvalue weighted by atomic mass is 35.5. The predicted octanol–water partition coefficient (Wildman–Crippen LogP) is 19.0. The molecule has 27 nitrogen and oxygen atoms in total. The molecule has 0 spiro atoms. The second-order valence-electron chi connectivity index (χ2n) is 19.6. The van der Waals surface area contributed by atoms with Crippen LogP contribution in [-0.2, 0) is 10.8 Å². The minimum Gasteiger partial charge on any atom is -0.508 e. The molecule has 0 unspecified atom stereocenters. The van der Waals surface area contributed by atoms with Crippen molar-refractivity contribution < 1.29 is 55.1 Å². The maximum Gasteiger partial charge on any atom is 0.298 e. The fraction of sp³-hybridized carbons (Fsp3) is 0.186. The van der Waals surface area contributed by atoms with Gasteiger partial charge in [-0.15, -0.1) is 40.9 Å². The molecular formula is C59H56Cl2N12O15. The molecule has 0 saturated heterocycles. The predicted molar refractivity (Wildman–Crippen MR) is 328 cm³/mol. The van der Waals surface area contributed by atoms with E-state index in [1.165, 1.54) is 104 Å². The maximum atomic E-state index is 11.3. The lowest BCUT2D eigenvalue weighted by Gasteiger charge is -2.30. The zero-order valence-electron chi connectivity index (χ0n) is 47.8. The number of azo groups is 4. The summed E-state index contributed by atoms with van der Waals surface area (Å²) in [5, 5.41) is 133. The highest BCUT2D eigenvalue weighted by molar-refractivity contribution is 6.31. The molecular weight excluding hydrogens is 1190 g/mol. The van der Waals surface area contributed by atoms with Crippen LogP contribution in [0.3, 0.4) is 0 Å². The van der Waals surface area contributed by atoms with Gasteiger partial charge in [0.2, 0.25) is 0 Å². The van der Waals surface area contributed by atoms with E-state index >= 15 is 0 Å². The van der Waals surface area contributed by atoms with Crippen LogP contribution in [0, 0.1) is 40.5 Å². The van der Waals surface area contributed by atoms with Crippen LogP contribution in [0.4, 0.5) is 68.2 Å². The van der Waals surface area contributed by atoms with E-state index in [2.05, 4.69) is 82.5 Å². The smallest absolute Gasteiger partial charge is 0.298 e. The van der Waals surface area contributed by atoms with Gasteiger partial charge in [-0.3, -0.25) is 40.5 Å². The summed E-state index contributed by atoms with van der Waals surface area (Å²) in [6.07, 6.45) is 1.73. The van der Waals surface area contributed by atoms with Crippen molar-refractivity contribution in [1.82, 2.24) is 0 Å². The number of nitro groups is 4. The van der Waals surface area contributed by atoms with Crippen molar-refractivity contribution in [2.75, 3.05) is 7.11 Å². The second kappa shape index (κ2) is 30.7. The molecule has 0 fully saturated rings. The van der Waals surface area contributed by atoms with Gasteiger partial charge >= 0.3 is 0 Å². The molecule has 0 atom stereocenters. The molecule has 8 rings (SSSR count). The average molecular weight is 1240 g/mol. The Morgan fingerprint density at radius 1 is 0.409 bits per heavy atom. The lowest BCUT2D eigenvalue weighted by molar-refractivity contribution is -0.384. The van der Waals surface area contributed by atoms with Crippen molar-refractivity contribution in [3.8, 4) is 40.2 Å². The van der Waals surface area contributed by atoms with E-state index in [1.807, 2.05) is 6.07 Å². The van der Waals surface area contributed by atoms with Crippen molar-refractivity contribution in [1.29, 1.82) is 0 Å². The molecule has 0 bridgehead atoms. The lowest BCUT2D eigenvalue weighted by atomic mass is 9.76. The van der Waals surface area contributed by atoms with Crippen molar-refractivity contribution >= 4 is 91.5 Å². The van der Waals surface area contributed by atoms with Gasteiger partial charge in [-0.05, 0) is 108 Å². The number of nitrogens with zero attached hydrogens (tertiary/aromatic N) is 12. The van der Waals surface area contributed by atoms with Crippen LogP contribution in [0.1, 0.15) is 65.5 Å². The molecule has 0 aromatic heterocycles. The Kier molecular flexibility index (Phi) is 23.6. The molecule has 0 aliphatic rings. The van der Waals surface area contributed by atoms with Crippen LogP contribution in [0.25, 0.3) is 0 Å². The van der Waals surface area contributed by atoms with Crippen molar-refractivity contribution in [2.45, 2.75) is 65.2 Å². The van der Waals surface area contributed by atoms with Gasteiger partial charge in [-0.25, -0.2) is 0 Å². The van der Waals surface area contributed by atoms with Crippen LogP contribution in [-0.4, -0.2) is 57.4 Å². The van der Waals surface area contributed by atoms with Crippen molar-refractivity contribution in [3.63, 3.8) is 0 Å². The van der Waals surface area contributed by atoms with Crippen LogP contribution in [0.5, 0.6) is 40.2 Å². The first-order valence-electron chi connectivity index (χ1n) is 25.9. The number of hydrogen-bond donors (Lipinski definition) is 6. The third-order valence-electron chi connectivity index (χ3n) is 13.0. The number of methoxy groups -OCH3 is 1. The molecule has 0 saturated carbocycles. The third kappa shape index (κ3) is 18.7. The molecule has 0 radical (unpaired) electrons. The molecule has 6 N–H and O–H groups in total. The standard InChI is InChI=1S/C22H28ClN3O3.C13H11N3O4.C12H8ClN3O4.C12H9N3O4/c1-7-21(3,4)14-11-16(22(5,6)8-2)20(27)18(12-14)25-24-17-10-9-15(23)13-19(17)26(28)29;1-20-9-6-7-11(13(17)8-9)15-14-10-4-2-3-5-12(10)16(18)19;13-7-1-3-9(11(5-7)16(19)20)14-15-10-4-2-8(17)6-12(10)18;16-8-5-6-10(12(17)7-8)14-13-9-3-1-2-4-11(9)15(18)19/h9-13,27H,7-8H2,1-6H3;2-8,17H,1H3;1-6,17-18H;1-7,16-17H. The summed E-state index contributed by atoms with van der Waals surface area (Å²) in [5.74, 6) is -0.375. The maximum absolute atomic E-state index is 11.3. The molecule has 0 amide bonds. The van der Waals surface area contributed by atoms with Gasteiger partial charge < -0.3 is 35.4 Å². The summed E-state index contributed by atoms with van der Waals surface area (Å²) >= 11 is 11.5. The molecule has 8 aromatic rings. The first kappa shape index (κ1) is 67.7. The summed E-state index contributed by atoms with van der Waals surface area (Å²) in [5.41, 5.74) is 1.55. The van der Waals surface area contributed by atoms with Gasteiger partial charge in [0, 0.05) is 58.1 Å². The van der Waals surface area contributed by atoms with E-state index < -0.39 is 19.7 Å². The number of nitro benzene ring substituents is 4. The van der Waals surface area contributed by atoms with Crippen LogP contribution >= 0.6 is 23.2 Å². The fourth-order valence-corrected chi connectivity index (χ4v) is 7.53. The van der Waals surface area contributed by atoms with E-state index in [0.717, 1.165) is 42.2 Å². The second-order valence-corrected chi connectivity index (χ2v) is 20.5. The van der Waals surface area contributed by atoms with E-state index in [9.17, 15) is 60.9 Å². The summed E-state index contributed by atoms with van der Waals surface area (Å²) in [6, 6.07) is 35.8. The van der Waals surface area contributed by atoms with Crippen molar-refractivity contribution in [2.24, 2.45) is 40.9 Å². The number of rotatable bonds is 17. The zero-order chi connectivity index (χ0) is 65.0. The Labute approximate surface area is 511 Å². The molecule has 456 valence electrons. The van der Waals surface area contributed by atoms with Gasteiger partial charge in [-0.1, -0.05) is 95.1 Å². The number of phenolic OH excluding ortho intramolecular Hbond substituents is 6. The first-order valence-corrected chi connectivity index (χ1v) is 26.7. The summed E-state index contributed by atoms with van der Waals surface area (Å²) < 4.78 is 4.94. The number of para-hydroxylation sites is 2. The molecule has 0 aliphatic carbocycles. The molecule has 0 aliphatic heterocycles. The SMILES string of the molecule is CCC(C)(C)c1cc(N=Nc2ccc(Cl)cc2[N+](=O)[O-])c(O)c(C(C)(C)CC)c1.COc1ccc(N=Nc2ccccc2[N+](=O)[O-])c(O)c1.O=[N+]([O-])c1cc(Cl)ccc1N=Nc1ccc(O)cc1O.O=[N+]([O-])c1ccccc1N=Nc1ccc(O)cc1O. The van der Waals surface area contributed by atoms with E-state index in [0.29, 0.717) is 11.4 Å². The van der Waals surface area contributed by atoms with E-state index in [1.54, 1.807) is 30.3 Å². The summed E-state index contributed by atoms with van der Waals surface area (Å²) in [6.45, 7) is 12.6. The molecule has 88 heavy (non-hydrogen) atoms. The molecule has 0 heterocycles. The van der Waals surface area contributed by atoms with Crippen molar-refractivity contribution in [3.05, 3.63) is 213 Å². The normalized spacial score (nSPS) is 11.3. The number of hydrogen-bond acceptors (Lipinski definition) is 23. The van der Waals surface area contributed by atoms with Crippen LogP contribution in [0.2, 0.25) is 10.0 Å². The first-order chi connectivity index (χ1) is 41.6. The van der Waals surface area contributed by atoms with Crippen LogP contribution in [0.15, 0.2) is 193 Å². The fourth-order valence-electron chi connectivity index (χ4n) is 7.20. The van der Waals surface area contributed by atoms with Gasteiger partial charge in [0.05, 0.1) is 26.8 Å². The number of aromatic hydroxyl groups is 6. The Morgan fingerprint density at radius 3 is 1.11 bits per heavy atom. The highest BCUT2D eigenvalue weighted by Gasteiger charge is 2.29. The Bertz CT molecular complexity index is 3990. The highest BCUT2D eigenvalue weighted by Crippen LogP contribution is 2.45. The topological polar surface area (TPSA) is 402 Å². The molecule has 29 heteroatoms. The Hall–Kier alpha value is -11.1. The average Bonchev–Trinajstić information content (AvgIpc) is 1.07. The third-order valence-corrected chi connectivity index (χ3v) is 13.4. The van der Waals surface area contributed by atoms with Gasteiger partial charge in [-0.2, -0.15) is 0 Å². The molecule has 8 aromatic carbocycles. The van der Waals surface area contributed by atoms with Gasteiger partial charge in [0.15, 0.2) is 22.7 Å². The van der Waals surface area contributed by atoms with E-state index in [4.69, 9.17) is 38.2 Å². The lowest BCUT2D eigenvalue weighted by Crippen LogP contribution is -2.20. The minimum absolute atomic E-state index is 0.00637. The Balaban J connectivity index is 0.000000217. The Morgan fingerprint density at radius 2 is 0.750 bits per heavy atom. The van der Waals surface area contributed by atoms with E-state index in [-0.39, 0.29) is 118 Å². The largest absolute Gasteiger partial charge is 0.508 e. The summed E-state index contributed by atoms with van der Waals surface area (Å²) in [4.78, 5) is 41.5.